The highest BCUT2D eigenvalue weighted by molar-refractivity contribution is 6.00. The minimum atomic E-state index is -0.149. The van der Waals surface area contributed by atoms with Gasteiger partial charge in [0.25, 0.3) is 5.91 Å². The molecule has 1 saturated carbocycles. The van der Waals surface area contributed by atoms with Crippen LogP contribution >= 0.6 is 0 Å². The van der Waals surface area contributed by atoms with Crippen LogP contribution in [0.2, 0.25) is 0 Å². The standard InChI is InChI=1S/C17H23N5O3/c1-24-10-11-25-15-4-2-14(3-5-15)22(21-9-8-19-13-21)17(23)16-6-7-18-12-20-16/h6-9,12-15H,2-5,10-11H2,1H3. The lowest BCUT2D eigenvalue weighted by Crippen LogP contribution is -2.50. The van der Waals surface area contributed by atoms with E-state index in [1.54, 1.807) is 47.8 Å². The normalized spacial score (nSPS) is 20.4. The number of carbonyl (C=O) groups excluding carboxylic acids is 1. The molecule has 2 aromatic rings. The average Bonchev–Trinajstić information content (AvgIpc) is 3.18. The van der Waals surface area contributed by atoms with E-state index in [4.69, 9.17) is 9.47 Å². The van der Waals surface area contributed by atoms with Crippen molar-refractivity contribution in [3.8, 4) is 0 Å². The zero-order valence-electron chi connectivity index (χ0n) is 14.3. The Morgan fingerprint density at radius 2 is 2.08 bits per heavy atom. The van der Waals surface area contributed by atoms with Gasteiger partial charge in [-0.3, -0.25) is 4.79 Å². The number of methoxy groups -OCH3 is 1. The van der Waals surface area contributed by atoms with Crippen molar-refractivity contribution >= 4 is 5.91 Å². The molecule has 0 aliphatic heterocycles. The van der Waals surface area contributed by atoms with Crippen LogP contribution in [0.5, 0.6) is 0 Å². The molecular weight excluding hydrogens is 322 g/mol. The highest BCUT2D eigenvalue weighted by atomic mass is 16.5. The van der Waals surface area contributed by atoms with Gasteiger partial charge in [-0.1, -0.05) is 0 Å². The second-order valence-corrected chi connectivity index (χ2v) is 5.98. The summed E-state index contributed by atoms with van der Waals surface area (Å²) in [5.41, 5.74) is 0.377. The van der Waals surface area contributed by atoms with Crippen molar-refractivity contribution in [1.82, 2.24) is 19.6 Å². The molecular formula is C17H23N5O3. The monoisotopic (exact) mass is 345 g/mol. The van der Waals surface area contributed by atoms with Crippen molar-refractivity contribution in [2.75, 3.05) is 25.3 Å². The summed E-state index contributed by atoms with van der Waals surface area (Å²) in [7, 11) is 1.67. The van der Waals surface area contributed by atoms with E-state index in [9.17, 15) is 4.79 Å². The first-order valence-electron chi connectivity index (χ1n) is 8.48. The minimum Gasteiger partial charge on any atom is -0.382 e. The minimum absolute atomic E-state index is 0.0824. The fourth-order valence-electron chi connectivity index (χ4n) is 3.13. The van der Waals surface area contributed by atoms with Gasteiger partial charge >= 0.3 is 0 Å². The first-order valence-corrected chi connectivity index (χ1v) is 8.48. The van der Waals surface area contributed by atoms with Gasteiger partial charge in [0, 0.05) is 25.7 Å². The zero-order chi connectivity index (χ0) is 17.5. The van der Waals surface area contributed by atoms with E-state index in [-0.39, 0.29) is 18.1 Å². The molecule has 2 aromatic heterocycles. The van der Waals surface area contributed by atoms with Gasteiger partial charge in [-0.2, -0.15) is 0 Å². The summed E-state index contributed by atoms with van der Waals surface area (Å²) in [6, 6.07) is 1.71. The van der Waals surface area contributed by atoms with E-state index in [2.05, 4.69) is 15.0 Å². The number of imidazole rings is 1. The highest BCUT2D eigenvalue weighted by Crippen LogP contribution is 2.25. The quantitative estimate of drug-likeness (QED) is 0.706. The predicted octanol–water partition coefficient (Wildman–Crippen LogP) is 1.43. The van der Waals surface area contributed by atoms with Crippen LogP contribution in [0, 0.1) is 0 Å². The molecule has 1 aliphatic rings. The van der Waals surface area contributed by atoms with Crippen LogP contribution in [0.15, 0.2) is 37.3 Å². The van der Waals surface area contributed by atoms with Gasteiger partial charge in [-0.05, 0) is 31.7 Å². The number of nitrogens with zero attached hydrogens (tertiary/aromatic N) is 5. The molecule has 1 amide bonds. The van der Waals surface area contributed by atoms with Gasteiger partial charge in [0.2, 0.25) is 0 Å². The number of rotatable bonds is 7. The highest BCUT2D eigenvalue weighted by Gasteiger charge is 2.31. The Balaban J connectivity index is 1.68. The maximum absolute atomic E-state index is 13.0. The molecule has 0 aromatic carbocycles. The molecule has 0 bridgehead atoms. The fourth-order valence-corrected chi connectivity index (χ4v) is 3.13. The van der Waals surface area contributed by atoms with E-state index in [0.29, 0.717) is 18.9 Å². The molecule has 2 heterocycles. The Bertz CT molecular complexity index is 642. The predicted molar refractivity (Wildman–Crippen MR) is 90.7 cm³/mol. The lowest BCUT2D eigenvalue weighted by molar-refractivity contribution is -0.00371. The summed E-state index contributed by atoms with van der Waals surface area (Å²) in [4.78, 5) is 25.0. The smallest absolute Gasteiger partial charge is 0.291 e. The largest absolute Gasteiger partial charge is 0.382 e. The second kappa shape index (κ2) is 8.68. The molecule has 25 heavy (non-hydrogen) atoms. The van der Waals surface area contributed by atoms with Crippen LogP contribution < -0.4 is 5.01 Å². The molecule has 8 nitrogen and oxygen atoms in total. The number of hydrogen-bond acceptors (Lipinski definition) is 6. The molecule has 0 unspecified atom stereocenters. The summed E-state index contributed by atoms with van der Waals surface area (Å²) in [6.07, 6.45) is 11.8. The Labute approximate surface area is 146 Å². The maximum Gasteiger partial charge on any atom is 0.291 e. The Morgan fingerprint density at radius 3 is 2.72 bits per heavy atom. The Hall–Kier alpha value is -2.32. The van der Waals surface area contributed by atoms with Gasteiger partial charge in [-0.25, -0.2) is 24.6 Å². The molecule has 0 radical (unpaired) electrons. The second-order valence-electron chi connectivity index (χ2n) is 5.98. The van der Waals surface area contributed by atoms with Gasteiger partial charge in [0.1, 0.15) is 18.3 Å². The van der Waals surface area contributed by atoms with Crippen molar-refractivity contribution in [3.63, 3.8) is 0 Å². The van der Waals surface area contributed by atoms with Crippen LogP contribution in [0.1, 0.15) is 36.2 Å². The third kappa shape index (κ3) is 4.40. The first-order chi connectivity index (χ1) is 12.3. The van der Waals surface area contributed by atoms with Crippen LogP contribution in [0.4, 0.5) is 0 Å². The number of carbonyl (C=O) groups is 1. The third-order valence-electron chi connectivity index (χ3n) is 4.38. The lowest BCUT2D eigenvalue weighted by Gasteiger charge is -2.36. The summed E-state index contributed by atoms with van der Waals surface area (Å²) in [6.45, 7) is 1.21. The number of amides is 1. The fraction of sp³-hybridized carbons (Fsp3) is 0.529. The lowest BCUT2D eigenvalue weighted by atomic mass is 9.92. The Morgan fingerprint density at radius 1 is 1.24 bits per heavy atom. The van der Waals surface area contributed by atoms with E-state index < -0.39 is 0 Å². The van der Waals surface area contributed by atoms with Gasteiger partial charge in [0.15, 0.2) is 0 Å². The summed E-state index contributed by atoms with van der Waals surface area (Å²) in [5.74, 6) is -0.149. The molecule has 3 rings (SSSR count). The van der Waals surface area contributed by atoms with Crippen LogP contribution in [0.3, 0.4) is 0 Å². The first kappa shape index (κ1) is 17.5. The topological polar surface area (TPSA) is 82.4 Å². The number of aromatic nitrogens is 4. The van der Waals surface area contributed by atoms with E-state index in [0.717, 1.165) is 25.7 Å². The van der Waals surface area contributed by atoms with Crippen molar-refractivity contribution in [2.45, 2.75) is 37.8 Å². The maximum atomic E-state index is 13.0. The van der Waals surface area contributed by atoms with Crippen LogP contribution in [-0.4, -0.2) is 58.0 Å². The van der Waals surface area contributed by atoms with Crippen molar-refractivity contribution in [2.24, 2.45) is 0 Å². The van der Waals surface area contributed by atoms with Gasteiger partial charge in [-0.15, -0.1) is 0 Å². The number of hydrogen-bond donors (Lipinski definition) is 0. The van der Waals surface area contributed by atoms with Crippen LogP contribution in [0.25, 0.3) is 0 Å². The van der Waals surface area contributed by atoms with Gasteiger partial charge < -0.3 is 9.47 Å². The summed E-state index contributed by atoms with van der Waals surface area (Å²) < 4.78 is 12.6. The van der Waals surface area contributed by atoms with Crippen molar-refractivity contribution < 1.29 is 14.3 Å². The molecule has 1 aliphatic carbocycles. The molecule has 1 fully saturated rings. The molecule has 0 atom stereocenters. The van der Waals surface area contributed by atoms with E-state index in [1.165, 1.54) is 6.33 Å². The van der Waals surface area contributed by atoms with Gasteiger partial charge in [0.05, 0.1) is 25.4 Å². The summed E-state index contributed by atoms with van der Waals surface area (Å²) in [5, 5.41) is 1.74. The molecule has 0 spiro atoms. The van der Waals surface area contributed by atoms with E-state index in [1.807, 2.05) is 0 Å². The zero-order valence-corrected chi connectivity index (χ0v) is 14.3. The summed E-state index contributed by atoms with van der Waals surface area (Å²) >= 11 is 0. The average molecular weight is 345 g/mol. The van der Waals surface area contributed by atoms with Crippen molar-refractivity contribution in [3.05, 3.63) is 43.0 Å². The van der Waals surface area contributed by atoms with Crippen molar-refractivity contribution in [1.29, 1.82) is 0 Å². The van der Waals surface area contributed by atoms with Crippen LogP contribution in [-0.2, 0) is 9.47 Å². The third-order valence-corrected chi connectivity index (χ3v) is 4.38. The molecule has 0 N–H and O–H groups in total. The molecule has 134 valence electrons. The Kier molecular flexibility index (Phi) is 6.08. The van der Waals surface area contributed by atoms with E-state index >= 15 is 0 Å². The molecule has 8 heteroatoms. The SMILES string of the molecule is COCCOC1CCC(N(C(=O)c2ccncn2)n2ccnc2)CC1. The molecule has 0 saturated heterocycles. The number of ether oxygens (including phenoxy) is 2.